The van der Waals surface area contributed by atoms with Crippen molar-refractivity contribution in [3.63, 3.8) is 0 Å². The highest BCUT2D eigenvalue weighted by Crippen LogP contribution is 2.49. The third-order valence-electron chi connectivity index (χ3n) is 5.79. The largest absolute Gasteiger partial charge is 0.456 e. The van der Waals surface area contributed by atoms with Crippen molar-refractivity contribution in [2.24, 2.45) is 0 Å². The molecule has 3 aliphatic rings. The van der Waals surface area contributed by atoms with E-state index < -0.39 is 11.6 Å². The van der Waals surface area contributed by atoms with Crippen LogP contribution >= 0.6 is 11.3 Å². The highest BCUT2D eigenvalue weighted by atomic mass is 32.1. The van der Waals surface area contributed by atoms with Gasteiger partial charge >= 0.3 is 5.97 Å². The number of aromatic nitrogens is 1. The molecule has 8 heteroatoms. The van der Waals surface area contributed by atoms with Gasteiger partial charge in [-0.25, -0.2) is 9.78 Å². The van der Waals surface area contributed by atoms with Gasteiger partial charge in [0.25, 0.3) is 5.91 Å². The van der Waals surface area contributed by atoms with Gasteiger partial charge in [-0.05, 0) is 31.4 Å². The van der Waals surface area contributed by atoms with Crippen LogP contribution in [0.2, 0.25) is 0 Å². The summed E-state index contributed by atoms with van der Waals surface area (Å²) in [5.74, 6) is -0.911. The van der Waals surface area contributed by atoms with Crippen molar-refractivity contribution in [2.45, 2.75) is 57.3 Å². The molecule has 150 valence electrons. The number of rotatable bonds is 5. The molecule has 7 nitrogen and oxygen atoms in total. The Kier molecular flexibility index (Phi) is 4.20. The number of carbonyl (C=O) groups excluding carboxylic acids is 3. The normalized spacial score (nSPS) is 23.2. The number of carbonyl (C=O) groups is 3. The number of fused-ring (bicyclic) bond motifs is 3. The summed E-state index contributed by atoms with van der Waals surface area (Å²) in [5, 5.41) is 2.86. The highest BCUT2D eigenvalue weighted by Gasteiger charge is 2.64. The smallest absolute Gasteiger partial charge is 0.354 e. The van der Waals surface area contributed by atoms with Crippen LogP contribution in [0.25, 0.3) is 0 Å². The molecule has 0 spiro atoms. The van der Waals surface area contributed by atoms with E-state index >= 15 is 0 Å². The van der Waals surface area contributed by atoms with E-state index in [4.69, 9.17) is 4.74 Å². The summed E-state index contributed by atoms with van der Waals surface area (Å²) in [6.07, 6.45) is 2.94. The molecule has 0 bridgehead atoms. The maximum absolute atomic E-state index is 13.5. The van der Waals surface area contributed by atoms with Gasteiger partial charge in [0.15, 0.2) is 0 Å². The lowest BCUT2D eigenvalue weighted by molar-refractivity contribution is -0.159. The second-order valence-electron chi connectivity index (χ2n) is 7.63. The van der Waals surface area contributed by atoms with Crippen LogP contribution in [0.3, 0.4) is 0 Å². The molecule has 0 N–H and O–H groups in total. The predicted molar refractivity (Wildman–Crippen MR) is 106 cm³/mol. The summed E-state index contributed by atoms with van der Waals surface area (Å²) in [6, 6.07) is 6.97. The fourth-order valence-electron chi connectivity index (χ4n) is 4.35. The van der Waals surface area contributed by atoms with Crippen molar-refractivity contribution >= 4 is 34.8 Å². The average Bonchev–Trinajstić information content (AvgIpc) is 3.35. The lowest BCUT2D eigenvalue weighted by atomic mass is 9.96. The second kappa shape index (κ2) is 6.66. The Hall–Kier alpha value is -2.74. The number of nitrogens with zero attached hydrogens (tertiary/aromatic N) is 3. The summed E-state index contributed by atoms with van der Waals surface area (Å²) in [7, 11) is 0. The van der Waals surface area contributed by atoms with E-state index in [9.17, 15) is 14.4 Å². The van der Waals surface area contributed by atoms with Crippen LogP contribution in [0.15, 0.2) is 29.6 Å². The molecule has 1 aromatic heterocycles. The highest BCUT2D eigenvalue weighted by molar-refractivity contribution is 7.09. The number of hydrogen-bond acceptors (Lipinski definition) is 6. The van der Waals surface area contributed by atoms with E-state index in [1.54, 1.807) is 29.2 Å². The molecular formula is C21H21N3O4S. The van der Waals surface area contributed by atoms with Crippen molar-refractivity contribution in [3.8, 4) is 0 Å². The lowest BCUT2D eigenvalue weighted by Crippen LogP contribution is -2.69. The SMILES string of the molecule is CCc1nc(COC(=O)[C@@]23CCC(=O)N2c2ccccc2C(=O)N3C2CC2)cs1. The van der Waals surface area contributed by atoms with Crippen LogP contribution in [-0.2, 0) is 27.4 Å². The molecule has 3 heterocycles. The second-order valence-corrected chi connectivity index (χ2v) is 8.57. The third kappa shape index (κ3) is 2.69. The summed E-state index contributed by atoms with van der Waals surface area (Å²) in [5.41, 5.74) is 0.252. The summed E-state index contributed by atoms with van der Waals surface area (Å²) in [6.45, 7) is 2.06. The Morgan fingerprint density at radius 1 is 1.31 bits per heavy atom. The molecule has 0 radical (unpaired) electrons. The van der Waals surface area contributed by atoms with Crippen molar-refractivity contribution in [3.05, 3.63) is 45.9 Å². The van der Waals surface area contributed by atoms with Gasteiger partial charge in [-0.1, -0.05) is 19.1 Å². The monoisotopic (exact) mass is 411 g/mol. The number of amides is 2. The molecule has 1 saturated heterocycles. The Morgan fingerprint density at radius 3 is 2.83 bits per heavy atom. The lowest BCUT2D eigenvalue weighted by Gasteiger charge is -2.48. The van der Waals surface area contributed by atoms with E-state index in [1.165, 1.54) is 16.2 Å². The van der Waals surface area contributed by atoms with Gasteiger partial charge in [0, 0.05) is 24.3 Å². The molecule has 29 heavy (non-hydrogen) atoms. The maximum Gasteiger partial charge on any atom is 0.354 e. The summed E-state index contributed by atoms with van der Waals surface area (Å²) < 4.78 is 5.67. The fraction of sp³-hybridized carbons (Fsp3) is 0.429. The molecule has 2 aromatic rings. The minimum Gasteiger partial charge on any atom is -0.456 e. The summed E-state index contributed by atoms with van der Waals surface area (Å²) >= 11 is 1.53. The van der Waals surface area contributed by atoms with Crippen LogP contribution in [0.5, 0.6) is 0 Å². The van der Waals surface area contributed by atoms with Gasteiger partial charge in [-0.15, -0.1) is 11.3 Å². The standard InChI is InChI=1S/C21H21N3O4S/c1-2-17-22-13(12-29-17)11-28-20(27)21-10-9-18(25)24(21)16-6-4-3-5-15(16)19(26)23(21)14-7-8-14/h3-6,12,14H,2,7-11H2,1H3/t21-/m1/s1. The maximum atomic E-state index is 13.5. The Morgan fingerprint density at radius 2 is 2.10 bits per heavy atom. The van der Waals surface area contributed by atoms with Gasteiger partial charge in [0.1, 0.15) is 6.61 Å². The number of aryl methyl sites for hydroxylation is 1. The number of hydrogen-bond donors (Lipinski definition) is 0. The average molecular weight is 411 g/mol. The first-order valence-corrected chi connectivity index (χ1v) is 10.8. The zero-order valence-corrected chi connectivity index (χ0v) is 16.9. The fourth-order valence-corrected chi connectivity index (χ4v) is 5.07. The molecule has 2 amide bonds. The first kappa shape index (κ1) is 18.3. The van der Waals surface area contributed by atoms with Gasteiger partial charge in [0.2, 0.25) is 11.6 Å². The molecule has 1 atom stereocenters. The topological polar surface area (TPSA) is 79.8 Å². The van der Waals surface area contributed by atoms with Crippen molar-refractivity contribution in [1.29, 1.82) is 0 Å². The molecule has 1 saturated carbocycles. The van der Waals surface area contributed by atoms with Gasteiger partial charge in [0.05, 0.1) is 22.0 Å². The minimum atomic E-state index is -1.40. The zero-order chi connectivity index (χ0) is 20.2. The van der Waals surface area contributed by atoms with Crippen molar-refractivity contribution < 1.29 is 19.1 Å². The Bertz CT molecular complexity index is 1010. The first-order valence-electron chi connectivity index (χ1n) is 9.92. The molecule has 2 aliphatic heterocycles. The van der Waals surface area contributed by atoms with Crippen LogP contribution in [0, 0.1) is 0 Å². The third-order valence-corrected chi connectivity index (χ3v) is 6.83. The van der Waals surface area contributed by atoms with Gasteiger partial charge in [-0.3, -0.25) is 14.5 Å². The molecule has 1 aromatic carbocycles. The number of esters is 1. The van der Waals surface area contributed by atoms with E-state index in [-0.39, 0.29) is 37.3 Å². The number of benzene rings is 1. The van der Waals surface area contributed by atoms with E-state index in [0.29, 0.717) is 16.9 Å². The molecule has 2 fully saturated rings. The minimum absolute atomic E-state index is 0.0352. The van der Waals surface area contributed by atoms with Crippen molar-refractivity contribution in [1.82, 2.24) is 9.88 Å². The molecule has 0 unspecified atom stereocenters. The number of anilines is 1. The van der Waals surface area contributed by atoms with Gasteiger partial charge < -0.3 is 9.64 Å². The number of thiazole rings is 1. The van der Waals surface area contributed by atoms with Crippen LogP contribution < -0.4 is 4.90 Å². The first-order chi connectivity index (χ1) is 14.1. The molecule has 5 rings (SSSR count). The van der Waals surface area contributed by atoms with E-state index in [2.05, 4.69) is 4.98 Å². The quantitative estimate of drug-likeness (QED) is 0.707. The predicted octanol–water partition coefficient (Wildman–Crippen LogP) is 2.89. The van der Waals surface area contributed by atoms with Crippen LogP contribution in [0.1, 0.15) is 53.7 Å². The summed E-state index contributed by atoms with van der Waals surface area (Å²) in [4.78, 5) is 47.2. The van der Waals surface area contributed by atoms with Gasteiger partial charge in [-0.2, -0.15) is 0 Å². The number of ether oxygens (including phenoxy) is 1. The zero-order valence-electron chi connectivity index (χ0n) is 16.1. The van der Waals surface area contributed by atoms with Crippen LogP contribution in [-0.4, -0.2) is 39.4 Å². The Balaban J connectivity index is 1.53. The van der Waals surface area contributed by atoms with Crippen molar-refractivity contribution in [2.75, 3.05) is 4.90 Å². The Labute approximate surface area is 172 Å². The molecular weight excluding hydrogens is 390 g/mol. The van der Waals surface area contributed by atoms with Crippen LogP contribution in [0.4, 0.5) is 5.69 Å². The number of para-hydroxylation sites is 1. The van der Waals surface area contributed by atoms with E-state index in [1.807, 2.05) is 12.3 Å². The van der Waals surface area contributed by atoms with E-state index in [0.717, 1.165) is 24.3 Å². The molecule has 1 aliphatic carbocycles.